The molecule has 1 fully saturated rings. The normalized spacial score (nSPS) is 23.1. The third kappa shape index (κ3) is 4.25. The maximum absolute atomic E-state index is 13.0. The van der Waals surface area contributed by atoms with E-state index in [9.17, 15) is 9.90 Å². The first-order valence-corrected chi connectivity index (χ1v) is 9.13. The number of likely N-dealkylation sites (tertiary alicyclic amines) is 1. The van der Waals surface area contributed by atoms with Crippen molar-refractivity contribution in [3.05, 3.63) is 71.8 Å². The van der Waals surface area contributed by atoms with Gasteiger partial charge in [0.1, 0.15) is 5.60 Å². The van der Waals surface area contributed by atoms with E-state index in [2.05, 4.69) is 0 Å². The number of rotatable bonds is 3. The number of aliphatic hydroxyl groups is 1. The first-order valence-electron chi connectivity index (χ1n) is 9.13. The molecule has 2 aromatic rings. The molecule has 1 saturated heterocycles. The minimum absolute atomic E-state index is 0.185. The van der Waals surface area contributed by atoms with Crippen molar-refractivity contribution in [1.82, 2.24) is 4.90 Å². The van der Waals surface area contributed by atoms with Crippen LogP contribution < -0.4 is 0 Å². The highest BCUT2D eigenvalue weighted by molar-refractivity contribution is 5.70. The van der Waals surface area contributed by atoms with Gasteiger partial charge in [0.05, 0.1) is 18.2 Å². The molecule has 3 atom stereocenters. The summed E-state index contributed by atoms with van der Waals surface area (Å²) in [7, 11) is 0. The van der Waals surface area contributed by atoms with Crippen LogP contribution >= 0.6 is 0 Å². The van der Waals surface area contributed by atoms with Gasteiger partial charge in [-0.15, -0.1) is 0 Å². The van der Waals surface area contributed by atoms with Gasteiger partial charge in [0.2, 0.25) is 0 Å². The van der Waals surface area contributed by atoms with Crippen molar-refractivity contribution < 1.29 is 14.6 Å². The van der Waals surface area contributed by atoms with E-state index in [0.29, 0.717) is 12.8 Å². The highest BCUT2D eigenvalue weighted by atomic mass is 16.6. The molecule has 4 nitrogen and oxygen atoms in total. The average Bonchev–Trinajstić information content (AvgIpc) is 2.92. The van der Waals surface area contributed by atoms with E-state index in [0.717, 1.165) is 11.1 Å². The van der Waals surface area contributed by atoms with Gasteiger partial charge in [-0.1, -0.05) is 60.7 Å². The van der Waals surface area contributed by atoms with Crippen LogP contribution in [0.2, 0.25) is 0 Å². The summed E-state index contributed by atoms with van der Waals surface area (Å²) in [5.74, 6) is 0. The number of benzene rings is 2. The Balaban J connectivity index is 1.91. The molecule has 4 heteroatoms. The molecule has 0 aromatic heterocycles. The molecule has 0 spiro atoms. The molecule has 1 aliphatic heterocycles. The van der Waals surface area contributed by atoms with Gasteiger partial charge in [0, 0.05) is 6.42 Å². The second-order valence-electron chi connectivity index (χ2n) is 7.87. The Kier molecular flexibility index (Phi) is 5.33. The first-order chi connectivity index (χ1) is 12.3. The van der Waals surface area contributed by atoms with Crippen molar-refractivity contribution in [1.29, 1.82) is 0 Å². The molecule has 1 amide bonds. The van der Waals surface area contributed by atoms with Crippen LogP contribution in [0.1, 0.15) is 44.4 Å². The lowest BCUT2D eigenvalue weighted by atomic mass is 10.0. The third-order valence-corrected chi connectivity index (χ3v) is 4.68. The number of ether oxygens (including phenoxy) is 1. The molecule has 3 rings (SSSR count). The van der Waals surface area contributed by atoms with E-state index in [1.165, 1.54) is 0 Å². The van der Waals surface area contributed by atoms with Gasteiger partial charge in [-0.2, -0.15) is 0 Å². The van der Waals surface area contributed by atoms with E-state index in [4.69, 9.17) is 4.74 Å². The molecular formula is C22H27NO3. The molecule has 0 radical (unpaired) electrons. The quantitative estimate of drug-likeness (QED) is 0.893. The Morgan fingerprint density at radius 1 is 1.08 bits per heavy atom. The fourth-order valence-corrected chi connectivity index (χ4v) is 3.56. The van der Waals surface area contributed by atoms with Gasteiger partial charge >= 0.3 is 6.09 Å². The first kappa shape index (κ1) is 18.5. The number of amides is 1. The Hall–Kier alpha value is -2.33. The van der Waals surface area contributed by atoms with E-state index in [-0.39, 0.29) is 18.2 Å². The van der Waals surface area contributed by atoms with Crippen LogP contribution in [-0.2, 0) is 11.2 Å². The van der Waals surface area contributed by atoms with E-state index in [1.54, 1.807) is 4.90 Å². The molecule has 1 heterocycles. The molecule has 26 heavy (non-hydrogen) atoms. The molecule has 138 valence electrons. The topological polar surface area (TPSA) is 49.8 Å². The molecule has 0 saturated carbocycles. The van der Waals surface area contributed by atoms with Crippen LogP contribution in [0.3, 0.4) is 0 Å². The van der Waals surface area contributed by atoms with Crippen molar-refractivity contribution >= 4 is 6.09 Å². The van der Waals surface area contributed by atoms with Gasteiger partial charge in [-0.25, -0.2) is 4.79 Å². The fourth-order valence-electron chi connectivity index (χ4n) is 3.56. The lowest BCUT2D eigenvalue weighted by Crippen LogP contribution is -2.44. The zero-order valence-corrected chi connectivity index (χ0v) is 15.6. The van der Waals surface area contributed by atoms with E-state index in [1.807, 2.05) is 81.4 Å². The van der Waals surface area contributed by atoms with Crippen LogP contribution in [-0.4, -0.2) is 33.8 Å². The Labute approximate surface area is 155 Å². The summed E-state index contributed by atoms with van der Waals surface area (Å²) < 4.78 is 5.67. The number of hydrogen-bond donors (Lipinski definition) is 1. The molecule has 1 N–H and O–H groups in total. The minimum atomic E-state index is -0.590. The van der Waals surface area contributed by atoms with Crippen LogP contribution in [0, 0.1) is 0 Å². The maximum atomic E-state index is 13.0. The molecule has 1 aliphatic rings. The van der Waals surface area contributed by atoms with Crippen LogP contribution in [0.4, 0.5) is 4.79 Å². The van der Waals surface area contributed by atoms with Crippen LogP contribution in [0.25, 0.3) is 0 Å². The predicted octanol–water partition coefficient (Wildman–Crippen LogP) is 4.34. The van der Waals surface area contributed by atoms with Gasteiger partial charge < -0.3 is 9.84 Å². The average molecular weight is 353 g/mol. The summed E-state index contributed by atoms with van der Waals surface area (Å²) in [4.78, 5) is 14.7. The molecule has 2 aromatic carbocycles. The number of carbonyl (C=O) groups is 1. The second kappa shape index (κ2) is 7.50. The predicted molar refractivity (Wildman–Crippen MR) is 102 cm³/mol. The maximum Gasteiger partial charge on any atom is 0.411 e. The van der Waals surface area contributed by atoms with E-state index >= 15 is 0 Å². The summed E-state index contributed by atoms with van der Waals surface area (Å²) in [5.41, 5.74) is 1.54. The second-order valence-corrected chi connectivity index (χ2v) is 7.87. The summed E-state index contributed by atoms with van der Waals surface area (Å²) >= 11 is 0. The number of hydrogen-bond acceptors (Lipinski definition) is 3. The number of aliphatic hydroxyl groups excluding tert-OH is 1. The third-order valence-electron chi connectivity index (χ3n) is 4.68. The molecule has 0 aliphatic carbocycles. The minimum Gasteiger partial charge on any atom is -0.444 e. The highest BCUT2D eigenvalue weighted by Gasteiger charge is 2.45. The van der Waals surface area contributed by atoms with Crippen molar-refractivity contribution in [3.8, 4) is 0 Å². The number of carbonyl (C=O) groups excluding carboxylic acids is 1. The van der Waals surface area contributed by atoms with Crippen molar-refractivity contribution in [2.45, 2.75) is 57.4 Å². The van der Waals surface area contributed by atoms with Crippen molar-refractivity contribution in [2.24, 2.45) is 0 Å². The van der Waals surface area contributed by atoms with Gasteiger partial charge in [0.15, 0.2) is 0 Å². The molecule has 0 unspecified atom stereocenters. The monoisotopic (exact) mass is 353 g/mol. The van der Waals surface area contributed by atoms with Crippen LogP contribution in [0.15, 0.2) is 60.7 Å². The summed E-state index contributed by atoms with van der Waals surface area (Å²) in [5, 5.41) is 10.8. The Bertz CT molecular complexity index is 724. The zero-order chi connectivity index (χ0) is 18.7. The largest absolute Gasteiger partial charge is 0.444 e. The van der Waals surface area contributed by atoms with Gasteiger partial charge in [-0.3, -0.25) is 4.90 Å². The zero-order valence-electron chi connectivity index (χ0n) is 15.6. The van der Waals surface area contributed by atoms with Crippen molar-refractivity contribution in [3.63, 3.8) is 0 Å². The Morgan fingerprint density at radius 2 is 1.65 bits per heavy atom. The molecule has 0 bridgehead atoms. The summed E-state index contributed by atoms with van der Waals surface area (Å²) in [6, 6.07) is 19.3. The summed E-state index contributed by atoms with van der Waals surface area (Å²) in [6.07, 6.45) is 0.155. The van der Waals surface area contributed by atoms with Crippen LogP contribution in [0.5, 0.6) is 0 Å². The summed E-state index contributed by atoms with van der Waals surface area (Å²) in [6.45, 7) is 5.59. The highest BCUT2D eigenvalue weighted by Crippen LogP contribution is 2.38. The molecular weight excluding hydrogens is 326 g/mol. The number of nitrogens with zero attached hydrogens (tertiary/aromatic N) is 1. The Morgan fingerprint density at radius 3 is 2.23 bits per heavy atom. The SMILES string of the molecule is CC(C)(C)OC(=O)N1[C@@H](c2ccccc2)C[C@@H](O)[C@H]1Cc1ccccc1. The van der Waals surface area contributed by atoms with Gasteiger partial charge in [-0.05, 0) is 38.3 Å². The lowest BCUT2D eigenvalue weighted by molar-refractivity contribution is 0.00851. The fraction of sp³-hybridized carbons (Fsp3) is 0.409. The van der Waals surface area contributed by atoms with E-state index < -0.39 is 11.7 Å². The van der Waals surface area contributed by atoms with Crippen molar-refractivity contribution in [2.75, 3.05) is 0 Å². The standard InChI is InChI=1S/C22H27NO3/c1-22(2,3)26-21(25)23-18(17-12-8-5-9-13-17)15-20(24)19(23)14-16-10-6-4-7-11-16/h4-13,18-20,24H,14-15H2,1-3H3/t18-,19-,20-/m1/s1. The smallest absolute Gasteiger partial charge is 0.411 e. The van der Waals surface area contributed by atoms with Gasteiger partial charge in [0.25, 0.3) is 0 Å². The lowest BCUT2D eigenvalue weighted by Gasteiger charge is -2.33.